The molecular formula is C20H20N2O6. The molecule has 0 unspecified atom stereocenters. The van der Waals surface area contributed by atoms with Gasteiger partial charge >= 0.3 is 5.97 Å². The number of nitrogens with zero attached hydrogens (tertiary/aromatic N) is 1. The van der Waals surface area contributed by atoms with Gasteiger partial charge < -0.3 is 10.1 Å². The minimum Gasteiger partial charge on any atom is -0.454 e. The van der Waals surface area contributed by atoms with E-state index in [1.54, 1.807) is 12.1 Å². The Morgan fingerprint density at radius 3 is 2.18 bits per heavy atom. The van der Waals surface area contributed by atoms with Crippen LogP contribution < -0.4 is 5.32 Å². The summed E-state index contributed by atoms with van der Waals surface area (Å²) in [6, 6.07) is 11.9. The van der Waals surface area contributed by atoms with Crippen LogP contribution in [-0.2, 0) is 16.0 Å². The van der Waals surface area contributed by atoms with Gasteiger partial charge in [-0.3, -0.25) is 19.7 Å². The number of esters is 1. The van der Waals surface area contributed by atoms with E-state index in [9.17, 15) is 24.5 Å². The molecule has 1 amide bonds. The van der Waals surface area contributed by atoms with Gasteiger partial charge in [-0.2, -0.15) is 0 Å². The zero-order valence-electron chi connectivity index (χ0n) is 15.3. The zero-order chi connectivity index (χ0) is 20.5. The number of hydrogen-bond donors (Lipinski definition) is 1. The van der Waals surface area contributed by atoms with Crippen molar-refractivity contribution in [3.8, 4) is 0 Å². The van der Waals surface area contributed by atoms with Gasteiger partial charge in [-0.15, -0.1) is 0 Å². The fourth-order valence-corrected chi connectivity index (χ4v) is 2.43. The molecule has 0 fully saturated rings. The Morgan fingerprint density at radius 2 is 1.61 bits per heavy atom. The number of rotatable bonds is 9. The molecule has 8 nitrogen and oxygen atoms in total. The second-order valence-electron chi connectivity index (χ2n) is 6.09. The summed E-state index contributed by atoms with van der Waals surface area (Å²) in [5.41, 5.74) is 1.45. The summed E-state index contributed by atoms with van der Waals surface area (Å²) in [4.78, 5) is 44.9. The van der Waals surface area contributed by atoms with E-state index in [2.05, 4.69) is 5.32 Å². The molecule has 0 bridgehead atoms. The quantitative estimate of drug-likeness (QED) is 0.234. The Kier molecular flexibility index (Phi) is 7.38. The fourth-order valence-electron chi connectivity index (χ4n) is 2.43. The number of carbonyl (C=O) groups excluding carboxylic acids is 3. The number of nitrogens with one attached hydrogen (secondary N) is 1. The number of nitro groups is 1. The predicted octanol–water partition coefficient (Wildman–Crippen LogP) is 2.70. The molecule has 0 atom stereocenters. The van der Waals surface area contributed by atoms with Gasteiger partial charge in [0.25, 0.3) is 5.69 Å². The highest BCUT2D eigenvalue weighted by Gasteiger charge is 2.13. The molecule has 1 N–H and O–H groups in total. The number of non-ortho nitro benzene ring substituents is 1. The summed E-state index contributed by atoms with van der Waals surface area (Å²) in [5.74, 6) is -1.14. The first kappa shape index (κ1) is 20.8. The van der Waals surface area contributed by atoms with Crippen LogP contribution in [0.5, 0.6) is 0 Å². The second-order valence-corrected chi connectivity index (χ2v) is 6.09. The molecular weight excluding hydrogens is 364 g/mol. The van der Waals surface area contributed by atoms with Gasteiger partial charge in [0.2, 0.25) is 5.91 Å². The number of benzene rings is 2. The lowest BCUT2D eigenvalue weighted by Crippen LogP contribution is -2.21. The molecule has 2 aromatic rings. The van der Waals surface area contributed by atoms with Crippen LogP contribution in [-0.4, -0.2) is 35.7 Å². The first-order valence-electron chi connectivity index (χ1n) is 8.65. The second kappa shape index (κ2) is 9.96. The molecule has 2 rings (SSSR count). The normalized spacial score (nSPS) is 10.2. The number of Topliss-reactive ketones (excluding diaryl/α,β-unsaturated/α-hetero) is 1. The number of aryl methyl sites for hydroxylation is 1. The summed E-state index contributed by atoms with van der Waals surface area (Å²) < 4.78 is 4.98. The molecule has 2 aromatic carbocycles. The van der Waals surface area contributed by atoms with E-state index in [1.165, 1.54) is 31.2 Å². The van der Waals surface area contributed by atoms with Crippen LogP contribution in [0.25, 0.3) is 0 Å². The van der Waals surface area contributed by atoms with Crippen molar-refractivity contribution in [1.82, 2.24) is 5.32 Å². The highest BCUT2D eigenvalue weighted by atomic mass is 16.6. The molecule has 0 aliphatic heterocycles. The van der Waals surface area contributed by atoms with Crippen LogP contribution in [0, 0.1) is 10.1 Å². The number of ether oxygens (including phenoxy) is 1. The maximum absolute atomic E-state index is 12.2. The lowest BCUT2D eigenvalue weighted by Gasteiger charge is -2.06. The van der Waals surface area contributed by atoms with Crippen molar-refractivity contribution >= 4 is 23.3 Å². The third kappa shape index (κ3) is 6.31. The number of nitro benzene ring substituents is 1. The topological polar surface area (TPSA) is 116 Å². The van der Waals surface area contributed by atoms with Crippen LogP contribution in [0.15, 0.2) is 48.5 Å². The van der Waals surface area contributed by atoms with Gasteiger partial charge in [0.05, 0.1) is 10.5 Å². The van der Waals surface area contributed by atoms with Crippen molar-refractivity contribution in [1.29, 1.82) is 0 Å². The van der Waals surface area contributed by atoms with Crippen molar-refractivity contribution in [2.75, 3.05) is 13.2 Å². The first-order valence-corrected chi connectivity index (χ1v) is 8.65. The highest BCUT2D eigenvalue weighted by Crippen LogP contribution is 2.13. The van der Waals surface area contributed by atoms with Gasteiger partial charge in [0.15, 0.2) is 12.4 Å². The molecule has 0 heterocycles. The smallest absolute Gasteiger partial charge is 0.338 e. The average Bonchev–Trinajstić information content (AvgIpc) is 2.69. The Bertz CT molecular complexity index is 859. The number of amides is 1. The van der Waals surface area contributed by atoms with Crippen molar-refractivity contribution < 1.29 is 24.0 Å². The SMILES string of the molecule is CC(=O)NCCCc1ccc(C(=O)COC(=O)c2ccc([N+](=O)[O-])cc2)cc1. The van der Waals surface area contributed by atoms with Gasteiger partial charge in [-0.1, -0.05) is 24.3 Å². The van der Waals surface area contributed by atoms with Crippen molar-refractivity contribution in [2.45, 2.75) is 19.8 Å². The van der Waals surface area contributed by atoms with Gasteiger partial charge in [-0.25, -0.2) is 4.79 Å². The molecule has 28 heavy (non-hydrogen) atoms. The van der Waals surface area contributed by atoms with Gasteiger partial charge in [-0.05, 0) is 30.5 Å². The molecule has 0 spiro atoms. The number of ketones is 1. The maximum Gasteiger partial charge on any atom is 0.338 e. The fraction of sp³-hybridized carbons (Fsp3) is 0.250. The van der Waals surface area contributed by atoms with E-state index < -0.39 is 17.5 Å². The largest absolute Gasteiger partial charge is 0.454 e. The standard InChI is InChI=1S/C20H20N2O6/c1-14(23)21-12-2-3-15-4-6-16(7-5-15)19(24)13-28-20(25)17-8-10-18(11-9-17)22(26)27/h4-11H,2-3,12-13H2,1H3,(H,21,23). The van der Waals surface area contributed by atoms with Gasteiger partial charge in [0.1, 0.15) is 0 Å². The van der Waals surface area contributed by atoms with E-state index in [0.717, 1.165) is 18.4 Å². The number of carbonyl (C=O) groups is 3. The lowest BCUT2D eigenvalue weighted by molar-refractivity contribution is -0.384. The van der Waals surface area contributed by atoms with E-state index in [1.807, 2.05) is 12.1 Å². The van der Waals surface area contributed by atoms with E-state index >= 15 is 0 Å². The minimum absolute atomic E-state index is 0.0655. The Morgan fingerprint density at radius 1 is 1.00 bits per heavy atom. The van der Waals surface area contributed by atoms with Crippen LogP contribution in [0.2, 0.25) is 0 Å². The van der Waals surface area contributed by atoms with Crippen LogP contribution in [0.4, 0.5) is 5.69 Å². The monoisotopic (exact) mass is 384 g/mol. The van der Waals surface area contributed by atoms with Crippen molar-refractivity contribution in [3.05, 3.63) is 75.3 Å². The van der Waals surface area contributed by atoms with Crippen molar-refractivity contribution in [2.24, 2.45) is 0 Å². The summed E-state index contributed by atoms with van der Waals surface area (Å²) in [7, 11) is 0. The van der Waals surface area contributed by atoms with Crippen molar-refractivity contribution in [3.63, 3.8) is 0 Å². The first-order chi connectivity index (χ1) is 13.4. The van der Waals surface area contributed by atoms with E-state index in [-0.39, 0.29) is 22.9 Å². The maximum atomic E-state index is 12.2. The summed E-state index contributed by atoms with van der Waals surface area (Å²) in [5, 5.41) is 13.3. The molecule has 0 aliphatic rings. The Labute approximate surface area is 161 Å². The molecule has 0 saturated carbocycles. The van der Waals surface area contributed by atoms with Crippen LogP contribution >= 0.6 is 0 Å². The average molecular weight is 384 g/mol. The molecule has 146 valence electrons. The number of hydrogen-bond acceptors (Lipinski definition) is 6. The van der Waals surface area contributed by atoms with Crippen LogP contribution in [0.3, 0.4) is 0 Å². The van der Waals surface area contributed by atoms with Crippen LogP contribution in [0.1, 0.15) is 39.6 Å². The van der Waals surface area contributed by atoms with Gasteiger partial charge in [0, 0.05) is 31.2 Å². The summed E-state index contributed by atoms with van der Waals surface area (Å²) in [6.45, 7) is 1.64. The minimum atomic E-state index is -0.724. The third-order valence-electron chi connectivity index (χ3n) is 3.94. The zero-order valence-corrected chi connectivity index (χ0v) is 15.3. The lowest BCUT2D eigenvalue weighted by atomic mass is 10.1. The third-order valence-corrected chi connectivity index (χ3v) is 3.94. The molecule has 0 radical (unpaired) electrons. The molecule has 0 aromatic heterocycles. The predicted molar refractivity (Wildman–Crippen MR) is 101 cm³/mol. The molecule has 0 aliphatic carbocycles. The summed E-state index contributed by atoms with van der Waals surface area (Å²) in [6.07, 6.45) is 1.56. The van der Waals surface area contributed by atoms with E-state index in [4.69, 9.17) is 4.74 Å². The Balaban J connectivity index is 1.82. The summed E-state index contributed by atoms with van der Waals surface area (Å²) >= 11 is 0. The molecule has 0 saturated heterocycles. The van der Waals surface area contributed by atoms with E-state index in [0.29, 0.717) is 12.1 Å². The molecule has 8 heteroatoms. The Hall–Kier alpha value is -3.55. The highest BCUT2D eigenvalue weighted by molar-refractivity contribution is 5.99.